The second-order valence-corrected chi connectivity index (χ2v) is 7.65. The standard InChI is InChI=1S/C15H14N6O2S2/c16-13(23)12-8-3-1-4-9(8)25-15(12)17-11(22)7-21-19-14(18-20-21)10-5-2-6-24-10/h2,5-6H,1,3-4,7H2,(H2,16,23)(H,17,22). The topological polar surface area (TPSA) is 116 Å². The van der Waals surface area contributed by atoms with Crippen molar-refractivity contribution < 1.29 is 9.59 Å². The summed E-state index contributed by atoms with van der Waals surface area (Å²) in [7, 11) is 0. The largest absolute Gasteiger partial charge is 0.365 e. The minimum absolute atomic E-state index is 0.0842. The van der Waals surface area contributed by atoms with Gasteiger partial charge in [0.15, 0.2) is 0 Å². The normalized spacial score (nSPS) is 13.0. The number of nitrogens with two attached hydrogens (primary N) is 1. The van der Waals surface area contributed by atoms with Crippen LogP contribution in [0.25, 0.3) is 10.7 Å². The zero-order valence-electron chi connectivity index (χ0n) is 13.1. The predicted molar refractivity (Wildman–Crippen MR) is 94.6 cm³/mol. The number of tetrazole rings is 1. The van der Waals surface area contributed by atoms with E-state index in [9.17, 15) is 9.59 Å². The van der Waals surface area contributed by atoms with Crippen molar-refractivity contribution in [2.24, 2.45) is 5.73 Å². The molecule has 0 radical (unpaired) electrons. The second-order valence-electron chi connectivity index (χ2n) is 5.59. The Morgan fingerprint density at radius 1 is 1.36 bits per heavy atom. The number of thiophene rings is 2. The molecule has 3 aromatic rings. The first-order chi connectivity index (χ1) is 12.1. The highest BCUT2D eigenvalue weighted by Crippen LogP contribution is 2.38. The minimum Gasteiger partial charge on any atom is -0.365 e. The molecule has 0 fully saturated rings. The lowest BCUT2D eigenvalue weighted by Crippen LogP contribution is -2.22. The molecule has 0 bridgehead atoms. The van der Waals surface area contributed by atoms with Crippen molar-refractivity contribution in [3.63, 3.8) is 0 Å². The van der Waals surface area contributed by atoms with Crippen LogP contribution in [0.3, 0.4) is 0 Å². The zero-order chi connectivity index (χ0) is 17.4. The SMILES string of the molecule is NC(=O)c1c(NC(=O)Cn2nnc(-c3cccs3)n2)sc2c1CCC2. The molecule has 0 saturated carbocycles. The molecule has 0 atom stereocenters. The first-order valence-electron chi connectivity index (χ1n) is 7.67. The average molecular weight is 374 g/mol. The maximum atomic E-state index is 12.3. The smallest absolute Gasteiger partial charge is 0.251 e. The van der Waals surface area contributed by atoms with Crippen LogP contribution >= 0.6 is 22.7 Å². The van der Waals surface area contributed by atoms with Crippen molar-refractivity contribution in [1.82, 2.24) is 20.2 Å². The van der Waals surface area contributed by atoms with Gasteiger partial charge in [-0.05, 0) is 41.5 Å². The van der Waals surface area contributed by atoms with Gasteiger partial charge in [-0.25, -0.2) is 0 Å². The van der Waals surface area contributed by atoms with Crippen LogP contribution in [0.4, 0.5) is 5.00 Å². The van der Waals surface area contributed by atoms with Gasteiger partial charge in [-0.15, -0.1) is 32.9 Å². The number of aryl methyl sites for hydroxylation is 1. The molecule has 0 spiro atoms. The van der Waals surface area contributed by atoms with E-state index in [1.807, 2.05) is 17.5 Å². The molecule has 1 aliphatic rings. The van der Waals surface area contributed by atoms with E-state index in [0.29, 0.717) is 16.4 Å². The van der Waals surface area contributed by atoms with Gasteiger partial charge in [0.25, 0.3) is 5.91 Å². The average Bonchev–Trinajstić information content (AvgIpc) is 3.30. The van der Waals surface area contributed by atoms with Crippen LogP contribution < -0.4 is 11.1 Å². The van der Waals surface area contributed by atoms with Crippen LogP contribution in [0, 0.1) is 0 Å². The van der Waals surface area contributed by atoms with Crippen molar-refractivity contribution in [3.8, 4) is 10.7 Å². The summed E-state index contributed by atoms with van der Waals surface area (Å²) in [6, 6.07) is 3.78. The second kappa shape index (κ2) is 6.37. The number of hydrogen-bond acceptors (Lipinski definition) is 7. The van der Waals surface area contributed by atoms with E-state index in [-0.39, 0.29) is 12.5 Å². The number of carbonyl (C=O) groups excluding carboxylic acids is 2. The van der Waals surface area contributed by atoms with E-state index < -0.39 is 5.91 Å². The van der Waals surface area contributed by atoms with Gasteiger partial charge in [-0.1, -0.05) is 6.07 Å². The Hall–Kier alpha value is -2.59. The maximum Gasteiger partial charge on any atom is 0.251 e. The summed E-state index contributed by atoms with van der Waals surface area (Å²) in [4.78, 5) is 27.3. The number of nitrogens with one attached hydrogen (secondary N) is 1. The number of nitrogens with zero attached hydrogens (tertiary/aromatic N) is 4. The van der Waals surface area contributed by atoms with Crippen LogP contribution in [0.15, 0.2) is 17.5 Å². The summed E-state index contributed by atoms with van der Waals surface area (Å²) in [5.74, 6) is -0.346. The fraction of sp³-hybridized carbons (Fsp3) is 0.267. The fourth-order valence-corrected chi connectivity index (χ4v) is 4.82. The maximum absolute atomic E-state index is 12.3. The van der Waals surface area contributed by atoms with E-state index >= 15 is 0 Å². The Kier molecular flexibility index (Phi) is 4.06. The minimum atomic E-state index is -0.506. The van der Waals surface area contributed by atoms with E-state index in [2.05, 4.69) is 20.7 Å². The molecule has 4 rings (SSSR count). The quantitative estimate of drug-likeness (QED) is 0.705. The van der Waals surface area contributed by atoms with Crippen LogP contribution in [0.2, 0.25) is 0 Å². The van der Waals surface area contributed by atoms with Gasteiger partial charge in [-0.2, -0.15) is 4.80 Å². The molecule has 0 saturated heterocycles. The lowest BCUT2D eigenvalue weighted by molar-refractivity contribution is -0.117. The Balaban J connectivity index is 1.49. The van der Waals surface area contributed by atoms with Gasteiger partial charge in [0.1, 0.15) is 11.5 Å². The summed E-state index contributed by atoms with van der Waals surface area (Å²) in [5.41, 5.74) is 6.92. The van der Waals surface area contributed by atoms with Crippen molar-refractivity contribution in [3.05, 3.63) is 33.5 Å². The van der Waals surface area contributed by atoms with Gasteiger partial charge in [0, 0.05) is 4.88 Å². The van der Waals surface area contributed by atoms with Gasteiger partial charge < -0.3 is 11.1 Å². The first kappa shape index (κ1) is 15.9. The van der Waals surface area contributed by atoms with E-state index in [1.165, 1.54) is 27.5 Å². The number of primary amides is 1. The highest BCUT2D eigenvalue weighted by atomic mass is 32.1. The molecule has 3 heterocycles. The molecular weight excluding hydrogens is 360 g/mol. The first-order valence-corrected chi connectivity index (χ1v) is 9.37. The molecule has 0 aliphatic heterocycles. The number of hydrogen-bond donors (Lipinski definition) is 2. The van der Waals surface area contributed by atoms with E-state index in [1.54, 1.807) is 0 Å². The molecule has 10 heteroatoms. The lowest BCUT2D eigenvalue weighted by Gasteiger charge is -2.05. The molecule has 0 aromatic carbocycles. The number of aromatic nitrogens is 4. The molecule has 1 aliphatic carbocycles. The Morgan fingerprint density at radius 3 is 3.00 bits per heavy atom. The number of carbonyl (C=O) groups is 2. The van der Waals surface area contributed by atoms with Gasteiger partial charge >= 0.3 is 0 Å². The number of fused-ring (bicyclic) bond motifs is 1. The third-order valence-corrected chi connectivity index (χ3v) is 5.97. The van der Waals surface area contributed by atoms with Crippen molar-refractivity contribution in [1.29, 1.82) is 0 Å². The van der Waals surface area contributed by atoms with Crippen molar-refractivity contribution in [2.75, 3.05) is 5.32 Å². The Bertz CT molecular complexity index is 944. The van der Waals surface area contributed by atoms with E-state index in [0.717, 1.165) is 34.6 Å². The lowest BCUT2D eigenvalue weighted by atomic mass is 10.1. The number of rotatable bonds is 5. The van der Waals surface area contributed by atoms with Crippen LogP contribution in [-0.2, 0) is 24.2 Å². The van der Waals surface area contributed by atoms with Crippen LogP contribution in [-0.4, -0.2) is 32.0 Å². The molecule has 3 aromatic heterocycles. The van der Waals surface area contributed by atoms with Crippen molar-refractivity contribution in [2.45, 2.75) is 25.8 Å². The fourth-order valence-electron chi connectivity index (χ4n) is 2.86. The summed E-state index contributed by atoms with van der Waals surface area (Å²) in [6.07, 6.45) is 2.77. The van der Waals surface area contributed by atoms with E-state index in [4.69, 9.17) is 5.73 Å². The zero-order valence-corrected chi connectivity index (χ0v) is 14.7. The molecule has 25 heavy (non-hydrogen) atoms. The Labute approximate surface area is 150 Å². The van der Waals surface area contributed by atoms with Gasteiger partial charge in [0.05, 0.1) is 10.4 Å². The van der Waals surface area contributed by atoms with Gasteiger partial charge in [-0.3, -0.25) is 9.59 Å². The van der Waals surface area contributed by atoms with Crippen molar-refractivity contribution >= 4 is 39.5 Å². The molecule has 8 nitrogen and oxygen atoms in total. The highest BCUT2D eigenvalue weighted by Gasteiger charge is 2.26. The molecular formula is C15H14N6O2S2. The van der Waals surface area contributed by atoms with Crippen LogP contribution in [0.1, 0.15) is 27.2 Å². The number of amides is 2. The van der Waals surface area contributed by atoms with Crippen LogP contribution in [0.5, 0.6) is 0 Å². The molecule has 3 N–H and O–H groups in total. The Morgan fingerprint density at radius 2 is 2.24 bits per heavy atom. The third-order valence-electron chi connectivity index (χ3n) is 3.90. The summed E-state index contributed by atoms with van der Waals surface area (Å²) in [6.45, 7) is -0.0842. The monoisotopic (exact) mass is 374 g/mol. The summed E-state index contributed by atoms with van der Waals surface area (Å²) >= 11 is 2.92. The predicted octanol–water partition coefficient (Wildman–Crippen LogP) is 1.69. The summed E-state index contributed by atoms with van der Waals surface area (Å²) < 4.78 is 0. The third kappa shape index (κ3) is 3.05. The molecule has 0 unspecified atom stereocenters. The molecule has 2 amide bonds. The molecule has 128 valence electrons. The van der Waals surface area contributed by atoms with Gasteiger partial charge in [0.2, 0.25) is 11.7 Å². The number of anilines is 1. The highest BCUT2D eigenvalue weighted by molar-refractivity contribution is 7.17. The summed E-state index contributed by atoms with van der Waals surface area (Å²) in [5, 5.41) is 17.2.